The van der Waals surface area contributed by atoms with Crippen LogP contribution in [-0.2, 0) is 16.1 Å². The number of halogens is 1. The van der Waals surface area contributed by atoms with Crippen LogP contribution < -0.4 is 5.43 Å². The van der Waals surface area contributed by atoms with Crippen molar-refractivity contribution in [1.82, 2.24) is 19.7 Å². The molecule has 1 aromatic carbocycles. The molecule has 0 bridgehead atoms. The second-order valence-electron chi connectivity index (χ2n) is 7.03. The van der Waals surface area contributed by atoms with Gasteiger partial charge in [-0.1, -0.05) is 17.7 Å². The van der Waals surface area contributed by atoms with E-state index in [1.165, 1.54) is 15.6 Å². The molecule has 0 aliphatic heterocycles. The van der Waals surface area contributed by atoms with E-state index >= 15 is 0 Å². The van der Waals surface area contributed by atoms with E-state index in [4.69, 9.17) is 16.3 Å². The van der Waals surface area contributed by atoms with Crippen molar-refractivity contribution in [2.24, 2.45) is 0 Å². The van der Waals surface area contributed by atoms with Crippen molar-refractivity contribution in [3.63, 3.8) is 0 Å². The zero-order valence-electron chi connectivity index (χ0n) is 17.8. The normalized spacial score (nSPS) is 10.6. The Labute approximate surface area is 190 Å². The van der Waals surface area contributed by atoms with E-state index in [-0.39, 0.29) is 31.8 Å². The minimum Gasteiger partial charge on any atom is -0.466 e. The number of rotatable bonds is 8. The number of nitrogens with zero attached hydrogens (tertiary/aromatic N) is 4. The third kappa shape index (κ3) is 5.79. The van der Waals surface area contributed by atoms with Gasteiger partial charge in [-0.2, -0.15) is 5.10 Å². The molecule has 0 unspecified atom stereocenters. The Morgan fingerprint density at radius 3 is 2.59 bits per heavy atom. The lowest BCUT2D eigenvalue weighted by Gasteiger charge is -2.22. The number of hydrogen-bond acceptors (Lipinski definition) is 6. The summed E-state index contributed by atoms with van der Waals surface area (Å²) in [4.78, 5) is 43.4. The zero-order valence-corrected chi connectivity index (χ0v) is 18.6. The highest BCUT2D eigenvalue weighted by Gasteiger charge is 2.23. The monoisotopic (exact) mass is 454 g/mol. The molecule has 8 nitrogen and oxygen atoms in total. The maximum absolute atomic E-state index is 13.3. The van der Waals surface area contributed by atoms with Crippen LogP contribution in [0.2, 0.25) is 5.02 Å². The van der Waals surface area contributed by atoms with Gasteiger partial charge in [-0.3, -0.25) is 19.4 Å². The molecule has 1 amide bonds. The van der Waals surface area contributed by atoms with E-state index in [2.05, 4.69) is 10.1 Å². The van der Waals surface area contributed by atoms with Crippen LogP contribution in [0.25, 0.3) is 5.69 Å². The molecular weight excluding hydrogens is 432 g/mol. The lowest BCUT2D eigenvalue weighted by atomic mass is 10.2. The van der Waals surface area contributed by atoms with Gasteiger partial charge < -0.3 is 9.64 Å². The van der Waals surface area contributed by atoms with Crippen LogP contribution >= 0.6 is 11.6 Å². The molecule has 0 atom stereocenters. The quantitative estimate of drug-likeness (QED) is 0.485. The van der Waals surface area contributed by atoms with Gasteiger partial charge in [-0.15, -0.1) is 0 Å². The summed E-state index contributed by atoms with van der Waals surface area (Å²) in [5.74, 6) is -1.00. The predicted molar refractivity (Wildman–Crippen MR) is 120 cm³/mol. The third-order valence-electron chi connectivity index (χ3n) is 4.66. The second-order valence-corrected chi connectivity index (χ2v) is 7.47. The number of hydrogen-bond donors (Lipinski definition) is 0. The second kappa shape index (κ2) is 10.7. The van der Waals surface area contributed by atoms with Crippen molar-refractivity contribution in [3.05, 3.63) is 87.1 Å². The summed E-state index contributed by atoms with van der Waals surface area (Å²) < 4.78 is 6.48. The van der Waals surface area contributed by atoms with E-state index in [0.29, 0.717) is 16.4 Å². The Kier molecular flexibility index (Phi) is 7.72. The average Bonchev–Trinajstić information content (AvgIpc) is 2.78. The summed E-state index contributed by atoms with van der Waals surface area (Å²) >= 11 is 5.96. The van der Waals surface area contributed by atoms with Crippen LogP contribution in [0.15, 0.2) is 59.7 Å². The van der Waals surface area contributed by atoms with E-state index in [1.807, 2.05) is 6.07 Å². The molecule has 0 N–H and O–H groups in total. The highest BCUT2D eigenvalue weighted by Crippen LogP contribution is 2.15. The van der Waals surface area contributed by atoms with E-state index in [1.54, 1.807) is 56.6 Å². The first-order valence-corrected chi connectivity index (χ1v) is 10.5. The van der Waals surface area contributed by atoms with Gasteiger partial charge in [0.25, 0.3) is 5.91 Å². The van der Waals surface area contributed by atoms with Crippen LogP contribution in [-0.4, -0.2) is 44.7 Å². The molecule has 0 spiro atoms. The maximum atomic E-state index is 13.3. The van der Waals surface area contributed by atoms with Crippen LogP contribution in [0.4, 0.5) is 0 Å². The van der Waals surface area contributed by atoms with E-state index in [9.17, 15) is 14.4 Å². The standard InChI is InChI=1S/C23H23ClN4O4/c1-3-32-21(30)10-12-27(15-17-5-4-11-25-14-17)23(31)22-20(29)13-16(2)28(26-22)19-8-6-18(24)7-9-19/h4-9,11,13-14H,3,10,12,15H2,1-2H3. The highest BCUT2D eigenvalue weighted by atomic mass is 35.5. The first kappa shape index (κ1) is 23.1. The van der Waals surface area contributed by atoms with Gasteiger partial charge in [0, 0.05) is 42.3 Å². The summed E-state index contributed by atoms with van der Waals surface area (Å²) in [5, 5.41) is 4.90. The smallest absolute Gasteiger partial charge is 0.307 e. The molecule has 2 heterocycles. The van der Waals surface area contributed by atoms with Crippen LogP contribution in [0.3, 0.4) is 0 Å². The van der Waals surface area contributed by atoms with Gasteiger partial charge in [-0.05, 0) is 49.7 Å². The summed E-state index contributed by atoms with van der Waals surface area (Å²) in [6, 6.07) is 11.8. The lowest BCUT2D eigenvalue weighted by molar-refractivity contribution is -0.143. The molecule has 0 saturated carbocycles. The molecule has 0 fully saturated rings. The van der Waals surface area contributed by atoms with Crippen LogP contribution in [0.1, 0.15) is 35.1 Å². The van der Waals surface area contributed by atoms with Gasteiger partial charge in [0.05, 0.1) is 18.7 Å². The Balaban J connectivity index is 1.95. The number of aromatic nitrogens is 3. The third-order valence-corrected chi connectivity index (χ3v) is 4.91. The average molecular weight is 455 g/mol. The number of pyridine rings is 1. The molecule has 9 heteroatoms. The number of amides is 1. The summed E-state index contributed by atoms with van der Waals surface area (Å²) in [6.07, 6.45) is 3.25. The van der Waals surface area contributed by atoms with Crippen LogP contribution in [0.5, 0.6) is 0 Å². The van der Waals surface area contributed by atoms with Crippen molar-refractivity contribution in [2.45, 2.75) is 26.8 Å². The Morgan fingerprint density at radius 1 is 1.19 bits per heavy atom. The fraction of sp³-hybridized carbons (Fsp3) is 0.261. The highest BCUT2D eigenvalue weighted by molar-refractivity contribution is 6.30. The van der Waals surface area contributed by atoms with Crippen molar-refractivity contribution in [1.29, 1.82) is 0 Å². The van der Waals surface area contributed by atoms with Crippen molar-refractivity contribution in [3.8, 4) is 5.69 Å². The van der Waals surface area contributed by atoms with Gasteiger partial charge in [-0.25, -0.2) is 4.68 Å². The maximum Gasteiger partial charge on any atom is 0.307 e. The first-order chi connectivity index (χ1) is 15.4. The molecule has 3 rings (SSSR count). The predicted octanol–water partition coefficient (Wildman–Crippen LogP) is 3.18. The fourth-order valence-corrected chi connectivity index (χ4v) is 3.24. The number of carbonyl (C=O) groups excluding carboxylic acids is 2. The summed E-state index contributed by atoms with van der Waals surface area (Å²) in [5.41, 5.74) is 1.25. The minimum absolute atomic E-state index is 0.00290. The van der Waals surface area contributed by atoms with Gasteiger partial charge in [0.15, 0.2) is 5.69 Å². The first-order valence-electron chi connectivity index (χ1n) is 10.1. The molecule has 0 aliphatic carbocycles. The van der Waals surface area contributed by atoms with E-state index in [0.717, 1.165) is 5.56 Å². The fourth-order valence-electron chi connectivity index (χ4n) is 3.11. The number of ether oxygens (including phenoxy) is 1. The van der Waals surface area contributed by atoms with Gasteiger partial charge in [0.1, 0.15) is 0 Å². The molecule has 2 aromatic heterocycles. The molecule has 3 aromatic rings. The van der Waals surface area contributed by atoms with E-state index < -0.39 is 17.3 Å². The Hall–Kier alpha value is -3.52. The zero-order chi connectivity index (χ0) is 23.1. The largest absolute Gasteiger partial charge is 0.466 e. The molecule has 0 saturated heterocycles. The Bertz CT molecular complexity index is 1150. The molecular formula is C23H23ClN4O4. The number of esters is 1. The SMILES string of the molecule is CCOC(=O)CCN(Cc1cccnc1)C(=O)c1nn(-c2ccc(Cl)cc2)c(C)cc1=O. The van der Waals surface area contributed by atoms with Gasteiger partial charge in [0.2, 0.25) is 5.43 Å². The van der Waals surface area contributed by atoms with Gasteiger partial charge >= 0.3 is 5.97 Å². The molecule has 166 valence electrons. The Morgan fingerprint density at radius 2 is 1.94 bits per heavy atom. The van der Waals surface area contributed by atoms with Crippen LogP contribution in [0, 0.1) is 6.92 Å². The number of benzene rings is 1. The lowest BCUT2D eigenvalue weighted by Crippen LogP contribution is -2.37. The topological polar surface area (TPSA) is 94.4 Å². The molecule has 0 aliphatic rings. The molecule has 32 heavy (non-hydrogen) atoms. The molecule has 0 radical (unpaired) electrons. The minimum atomic E-state index is -0.578. The van der Waals surface area contributed by atoms with Crippen molar-refractivity contribution in [2.75, 3.05) is 13.2 Å². The summed E-state index contributed by atoms with van der Waals surface area (Å²) in [7, 11) is 0. The number of aryl methyl sites for hydroxylation is 1. The summed E-state index contributed by atoms with van der Waals surface area (Å²) in [6.45, 7) is 3.93. The number of carbonyl (C=O) groups is 2. The van der Waals surface area contributed by atoms with Crippen molar-refractivity contribution < 1.29 is 14.3 Å². The van der Waals surface area contributed by atoms with Crippen molar-refractivity contribution >= 4 is 23.5 Å².